The summed E-state index contributed by atoms with van der Waals surface area (Å²) < 4.78 is 0. The number of allylic oxidation sites excluding steroid dienone is 1. The first-order valence-electron chi connectivity index (χ1n) is 10.2. The summed E-state index contributed by atoms with van der Waals surface area (Å²) in [6.07, 6.45) is 2.45. The third-order valence-corrected chi connectivity index (χ3v) is 7.01. The largest absolute Gasteiger partial charge is 0.372 e. The van der Waals surface area contributed by atoms with Gasteiger partial charge in [0.05, 0.1) is 17.4 Å². The molecule has 0 spiro atoms. The van der Waals surface area contributed by atoms with Gasteiger partial charge < -0.3 is 10.6 Å². The van der Waals surface area contributed by atoms with Crippen molar-refractivity contribution in [1.29, 1.82) is 0 Å². The Labute approximate surface area is 175 Å². The number of carbonyl (C=O) groups excluding carboxylic acids is 1. The molecule has 0 radical (unpaired) electrons. The highest BCUT2D eigenvalue weighted by Crippen LogP contribution is 2.44. The molecule has 5 rings (SSSR count). The Morgan fingerprint density at radius 3 is 2.48 bits per heavy atom. The molecule has 0 amide bonds. The highest BCUT2D eigenvalue weighted by Gasteiger charge is 2.36. The average Bonchev–Trinajstić information content (AvgIpc) is 3.23. The van der Waals surface area contributed by atoms with Crippen LogP contribution in [-0.2, 0) is 11.2 Å². The van der Waals surface area contributed by atoms with Gasteiger partial charge in [0, 0.05) is 28.5 Å². The second kappa shape index (κ2) is 7.53. The van der Waals surface area contributed by atoms with E-state index in [0.29, 0.717) is 6.42 Å². The number of anilines is 2. The van der Waals surface area contributed by atoms with Gasteiger partial charge in [-0.25, -0.2) is 0 Å². The van der Waals surface area contributed by atoms with E-state index in [-0.39, 0.29) is 17.7 Å². The highest BCUT2D eigenvalue weighted by molar-refractivity contribution is 7.10. The molecule has 2 atom stereocenters. The Kier molecular flexibility index (Phi) is 4.72. The lowest BCUT2D eigenvalue weighted by Gasteiger charge is -2.29. The fourth-order valence-electron chi connectivity index (χ4n) is 4.41. The van der Waals surface area contributed by atoms with Crippen molar-refractivity contribution < 1.29 is 4.79 Å². The monoisotopic (exact) mass is 400 g/mol. The van der Waals surface area contributed by atoms with E-state index in [1.165, 1.54) is 10.4 Å². The molecule has 4 heteroatoms. The Bertz CT molecular complexity index is 1070. The summed E-state index contributed by atoms with van der Waals surface area (Å²) in [6, 6.07) is 21.0. The number of Topliss-reactive ketones (excluding diaryl/α,β-unsaturated/α-hetero) is 1. The summed E-state index contributed by atoms with van der Waals surface area (Å²) in [5.41, 5.74) is 6.46. The molecular weight excluding hydrogens is 376 g/mol. The minimum Gasteiger partial charge on any atom is -0.372 e. The van der Waals surface area contributed by atoms with Crippen LogP contribution in [0.4, 0.5) is 11.4 Å². The number of rotatable bonds is 3. The normalized spacial score (nSPS) is 20.9. The van der Waals surface area contributed by atoms with Crippen molar-refractivity contribution >= 4 is 28.5 Å². The van der Waals surface area contributed by atoms with Gasteiger partial charge in [0.2, 0.25) is 0 Å². The van der Waals surface area contributed by atoms with E-state index < -0.39 is 0 Å². The number of nitrogens with one attached hydrogen (secondary N) is 2. The van der Waals surface area contributed by atoms with Gasteiger partial charge in [0.1, 0.15) is 0 Å². The van der Waals surface area contributed by atoms with Crippen LogP contribution in [0.3, 0.4) is 0 Å². The number of carbonyl (C=O) groups is 1. The summed E-state index contributed by atoms with van der Waals surface area (Å²) in [4.78, 5) is 14.7. The smallest absolute Gasteiger partial charge is 0.163 e. The van der Waals surface area contributed by atoms with Gasteiger partial charge >= 0.3 is 0 Å². The lowest BCUT2D eigenvalue weighted by Crippen LogP contribution is -2.26. The SMILES string of the molecule is CCc1ccc([C@H]2Nc3ccccc3NC3=C2C(=O)C[C@H](c2cccs2)C3)cc1. The highest BCUT2D eigenvalue weighted by atomic mass is 32.1. The summed E-state index contributed by atoms with van der Waals surface area (Å²) in [7, 11) is 0. The molecule has 2 N–H and O–H groups in total. The molecule has 1 aromatic heterocycles. The van der Waals surface area contributed by atoms with Crippen LogP contribution in [0, 0.1) is 0 Å². The van der Waals surface area contributed by atoms with Gasteiger partial charge in [0.25, 0.3) is 0 Å². The molecule has 2 heterocycles. The molecule has 2 aliphatic rings. The maximum Gasteiger partial charge on any atom is 0.163 e. The molecular formula is C25H24N2OS. The van der Waals surface area contributed by atoms with E-state index in [1.54, 1.807) is 11.3 Å². The first kappa shape index (κ1) is 18.2. The maximum absolute atomic E-state index is 13.4. The predicted molar refractivity (Wildman–Crippen MR) is 121 cm³/mol. The van der Waals surface area contributed by atoms with Crippen molar-refractivity contribution in [3.05, 3.63) is 93.3 Å². The number of para-hydroxylation sites is 2. The van der Waals surface area contributed by atoms with Crippen LogP contribution in [0.1, 0.15) is 47.7 Å². The Morgan fingerprint density at radius 1 is 0.966 bits per heavy atom. The van der Waals surface area contributed by atoms with E-state index in [1.807, 2.05) is 12.1 Å². The van der Waals surface area contributed by atoms with Crippen LogP contribution in [0.5, 0.6) is 0 Å². The lowest BCUT2D eigenvalue weighted by atomic mass is 9.80. The van der Waals surface area contributed by atoms with E-state index >= 15 is 0 Å². The molecule has 0 fully saturated rings. The quantitative estimate of drug-likeness (QED) is 0.543. The molecule has 0 saturated carbocycles. The van der Waals surface area contributed by atoms with Gasteiger partial charge in [-0.3, -0.25) is 4.79 Å². The number of hydrogen-bond acceptors (Lipinski definition) is 4. The Morgan fingerprint density at radius 2 is 1.76 bits per heavy atom. The number of hydrogen-bond donors (Lipinski definition) is 2. The van der Waals surface area contributed by atoms with Crippen molar-refractivity contribution in [3.8, 4) is 0 Å². The van der Waals surface area contributed by atoms with Crippen molar-refractivity contribution in [3.63, 3.8) is 0 Å². The number of benzene rings is 2. The topological polar surface area (TPSA) is 41.1 Å². The Hall–Kier alpha value is -2.85. The zero-order chi connectivity index (χ0) is 19.8. The lowest BCUT2D eigenvalue weighted by molar-refractivity contribution is -0.116. The van der Waals surface area contributed by atoms with E-state index in [4.69, 9.17) is 0 Å². The molecule has 29 heavy (non-hydrogen) atoms. The Balaban J connectivity index is 1.60. The molecule has 0 saturated heterocycles. The second-order valence-electron chi connectivity index (χ2n) is 7.78. The number of ketones is 1. The average molecular weight is 401 g/mol. The summed E-state index contributed by atoms with van der Waals surface area (Å²) in [5.74, 6) is 0.490. The van der Waals surface area contributed by atoms with Crippen molar-refractivity contribution in [2.45, 2.75) is 38.1 Å². The molecule has 1 aliphatic carbocycles. The van der Waals surface area contributed by atoms with Gasteiger partial charge in [-0.05, 0) is 47.5 Å². The molecule has 0 bridgehead atoms. The van der Waals surface area contributed by atoms with Gasteiger partial charge in [-0.1, -0.05) is 49.4 Å². The van der Waals surface area contributed by atoms with Crippen molar-refractivity contribution in [1.82, 2.24) is 0 Å². The molecule has 146 valence electrons. The fourth-order valence-corrected chi connectivity index (χ4v) is 5.24. The standard InChI is InChI=1S/C25H24N2OS/c1-2-16-9-11-17(12-10-16)25-24-21(26-19-6-3-4-7-20(19)27-25)14-18(15-22(24)28)23-8-5-13-29-23/h3-13,18,25-27H,2,14-15H2,1H3/t18-,25-/m1/s1. The van der Waals surface area contributed by atoms with E-state index in [9.17, 15) is 4.79 Å². The molecule has 1 aliphatic heterocycles. The van der Waals surface area contributed by atoms with Gasteiger partial charge in [0.15, 0.2) is 5.78 Å². The van der Waals surface area contributed by atoms with E-state index in [2.05, 4.69) is 71.5 Å². The van der Waals surface area contributed by atoms with Crippen LogP contribution in [0.25, 0.3) is 0 Å². The van der Waals surface area contributed by atoms with Crippen molar-refractivity contribution in [2.24, 2.45) is 0 Å². The van der Waals surface area contributed by atoms with Gasteiger partial charge in [-0.15, -0.1) is 11.3 Å². The number of fused-ring (bicyclic) bond motifs is 1. The summed E-state index contributed by atoms with van der Waals surface area (Å²) in [6.45, 7) is 2.16. The van der Waals surface area contributed by atoms with Crippen LogP contribution in [0.15, 0.2) is 77.3 Å². The summed E-state index contributed by atoms with van der Waals surface area (Å²) in [5, 5.41) is 9.36. The van der Waals surface area contributed by atoms with Gasteiger partial charge in [-0.2, -0.15) is 0 Å². The maximum atomic E-state index is 13.4. The minimum atomic E-state index is -0.135. The fraction of sp³-hybridized carbons (Fsp3) is 0.240. The molecule has 3 aromatic rings. The summed E-state index contributed by atoms with van der Waals surface area (Å²) >= 11 is 1.74. The predicted octanol–water partition coefficient (Wildman–Crippen LogP) is 6.29. The van der Waals surface area contributed by atoms with Crippen LogP contribution >= 0.6 is 11.3 Å². The first-order valence-corrected chi connectivity index (χ1v) is 11.1. The third-order valence-electron chi connectivity index (χ3n) is 5.98. The minimum absolute atomic E-state index is 0.135. The molecule has 3 nitrogen and oxygen atoms in total. The van der Waals surface area contributed by atoms with Crippen LogP contribution in [-0.4, -0.2) is 5.78 Å². The van der Waals surface area contributed by atoms with Crippen LogP contribution < -0.4 is 10.6 Å². The number of thiophene rings is 1. The molecule has 0 unspecified atom stereocenters. The van der Waals surface area contributed by atoms with Crippen LogP contribution in [0.2, 0.25) is 0 Å². The zero-order valence-corrected chi connectivity index (χ0v) is 17.3. The van der Waals surface area contributed by atoms with Crippen molar-refractivity contribution in [2.75, 3.05) is 10.6 Å². The second-order valence-corrected chi connectivity index (χ2v) is 8.76. The third kappa shape index (κ3) is 3.38. The molecule has 2 aromatic carbocycles. The van der Waals surface area contributed by atoms with E-state index in [0.717, 1.165) is 41.1 Å². The number of aryl methyl sites for hydroxylation is 1. The first-order chi connectivity index (χ1) is 14.2. The zero-order valence-electron chi connectivity index (χ0n) is 16.4.